The summed E-state index contributed by atoms with van der Waals surface area (Å²) < 4.78 is 0.965. The highest BCUT2D eigenvalue weighted by Crippen LogP contribution is 2.24. The standard InChI is InChI=1S/C23H25BrCl2N2O2/c1-15(23(30)27-19-4-2-3-5-19)28(14-16-6-9-18(24)10-7-16)22(29)13-17-8-11-20(25)21(26)12-17/h6-12,15,19H,2-5,13-14H2,1H3,(H,27,30)/t15-/m1/s1. The van der Waals surface area contributed by atoms with Gasteiger partial charge in [-0.2, -0.15) is 0 Å². The highest BCUT2D eigenvalue weighted by atomic mass is 79.9. The number of hydrogen-bond donors (Lipinski definition) is 1. The van der Waals surface area contributed by atoms with Crippen LogP contribution in [0, 0.1) is 0 Å². The molecule has 1 atom stereocenters. The average molecular weight is 512 g/mol. The number of rotatable bonds is 7. The van der Waals surface area contributed by atoms with E-state index < -0.39 is 6.04 Å². The smallest absolute Gasteiger partial charge is 0.242 e. The lowest BCUT2D eigenvalue weighted by molar-refractivity contribution is -0.140. The average Bonchev–Trinajstić information content (AvgIpc) is 3.22. The summed E-state index contributed by atoms with van der Waals surface area (Å²) in [5, 5.41) is 3.97. The summed E-state index contributed by atoms with van der Waals surface area (Å²) >= 11 is 15.5. The normalized spacial score (nSPS) is 15.1. The van der Waals surface area contributed by atoms with Crippen molar-refractivity contribution in [3.05, 3.63) is 68.1 Å². The largest absolute Gasteiger partial charge is 0.352 e. The van der Waals surface area contributed by atoms with E-state index in [0.29, 0.717) is 16.6 Å². The van der Waals surface area contributed by atoms with Crippen molar-refractivity contribution < 1.29 is 9.59 Å². The van der Waals surface area contributed by atoms with E-state index >= 15 is 0 Å². The lowest BCUT2D eigenvalue weighted by Crippen LogP contribution is -2.50. The van der Waals surface area contributed by atoms with E-state index in [9.17, 15) is 9.59 Å². The van der Waals surface area contributed by atoms with Crippen LogP contribution < -0.4 is 5.32 Å². The SMILES string of the molecule is C[C@H](C(=O)NC1CCCC1)N(Cc1ccc(Br)cc1)C(=O)Cc1ccc(Cl)c(Cl)c1. The molecule has 0 saturated heterocycles. The Morgan fingerprint density at radius 2 is 1.70 bits per heavy atom. The number of nitrogens with zero attached hydrogens (tertiary/aromatic N) is 1. The van der Waals surface area contributed by atoms with Gasteiger partial charge in [0.15, 0.2) is 0 Å². The van der Waals surface area contributed by atoms with Gasteiger partial charge < -0.3 is 10.2 Å². The quantitative estimate of drug-likeness (QED) is 0.512. The fourth-order valence-electron chi connectivity index (χ4n) is 3.69. The molecule has 0 bridgehead atoms. The molecule has 0 unspecified atom stereocenters. The molecule has 0 spiro atoms. The number of carbonyl (C=O) groups is 2. The van der Waals surface area contributed by atoms with Gasteiger partial charge in [0.1, 0.15) is 6.04 Å². The molecule has 1 saturated carbocycles. The van der Waals surface area contributed by atoms with Gasteiger partial charge in [-0.3, -0.25) is 9.59 Å². The van der Waals surface area contributed by atoms with E-state index in [1.807, 2.05) is 24.3 Å². The maximum atomic E-state index is 13.2. The van der Waals surface area contributed by atoms with Crippen LogP contribution in [0.2, 0.25) is 10.0 Å². The Labute approximate surface area is 196 Å². The molecule has 0 radical (unpaired) electrons. The molecule has 2 aromatic carbocycles. The number of carbonyl (C=O) groups excluding carboxylic acids is 2. The second-order valence-electron chi connectivity index (χ2n) is 7.74. The Morgan fingerprint density at radius 1 is 1.07 bits per heavy atom. The van der Waals surface area contributed by atoms with Gasteiger partial charge in [0.25, 0.3) is 0 Å². The van der Waals surface area contributed by atoms with Crippen LogP contribution in [0.15, 0.2) is 46.9 Å². The molecule has 30 heavy (non-hydrogen) atoms. The van der Waals surface area contributed by atoms with Crippen molar-refractivity contribution in [2.24, 2.45) is 0 Å². The van der Waals surface area contributed by atoms with Gasteiger partial charge in [-0.1, -0.05) is 70.2 Å². The van der Waals surface area contributed by atoms with E-state index in [4.69, 9.17) is 23.2 Å². The third-order valence-electron chi connectivity index (χ3n) is 5.47. The minimum absolute atomic E-state index is 0.110. The summed E-state index contributed by atoms with van der Waals surface area (Å²) in [4.78, 5) is 27.7. The number of nitrogens with one attached hydrogen (secondary N) is 1. The molecule has 0 aliphatic heterocycles. The van der Waals surface area contributed by atoms with Crippen LogP contribution in [0.4, 0.5) is 0 Å². The predicted octanol–water partition coefficient (Wildman–Crippen LogP) is 5.77. The molecule has 7 heteroatoms. The summed E-state index contributed by atoms with van der Waals surface area (Å²) in [5.74, 6) is -0.244. The van der Waals surface area contributed by atoms with Crippen molar-refractivity contribution in [2.45, 2.75) is 57.7 Å². The van der Waals surface area contributed by atoms with Crippen molar-refractivity contribution in [1.29, 1.82) is 0 Å². The first-order valence-electron chi connectivity index (χ1n) is 10.1. The fourth-order valence-corrected chi connectivity index (χ4v) is 4.27. The lowest BCUT2D eigenvalue weighted by atomic mass is 10.1. The van der Waals surface area contributed by atoms with Gasteiger partial charge in [0, 0.05) is 17.1 Å². The summed E-state index contributed by atoms with van der Waals surface area (Å²) in [6.45, 7) is 2.14. The Morgan fingerprint density at radius 3 is 2.33 bits per heavy atom. The van der Waals surface area contributed by atoms with Crippen molar-refractivity contribution in [1.82, 2.24) is 10.2 Å². The molecule has 1 fully saturated rings. The summed E-state index contributed by atoms with van der Waals surface area (Å²) in [5.41, 5.74) is 1.72. The minimum Gasteiger partial charge on any atom is -0.352 e. The van der Waals surface area contributed by atoms with Gasteiger partial charge in [-0.25, -0.2) is 0 Å². The second kappa shape index (κ2) is 10.7. The van der Waals surface area contributed by atoms with E-state index in [1.165, 1.54) is 0 Å². The molecule has 2 aromatic rings. The predicted molar refractivity (Wildman–Crippen MR) is 125 cm³/mol. The van der Waals surface area contributed by atoms with Gasteiger partial charge in [-0.15, -0.1) is 0 Å². The van der Waals surface area contributed by atoms with Gasteiger partial charge >= 0.3 is 0 Å². The number of hydrogen-bond acceptors (Lipinski definition) is 2. The molecule has 0 heterocycles. The molecule has 0 aromatic heterocycles. The molecule has 1 N–H and O–H groups in total. The van der Waals surface area contributed by atoms with Crippen LogP contribution in [-0.2, 0) is 22.6 Å². The van der Waals surface area contributed by atoms with Gasteiger partial charge in [-0.05, 0) is 55.2 Å². The zero-order chi connectivity index (χ0) is 21.7. The summed E-state index contributed by atoms with van der Waals surface area (Å²) in [6.07, 6.45) is 4.43. The van der Waals surface area contributed by atoms with Crippen LogP contribution in [0.25, 0.3) is 0 Å². The second-order valence-corrected chi connectivity index (χ2v) is 9.47. The van der Waals surface area contributed by atoms with Crippen LogP contribution in [-0.4, -0.2) is 28.8 Å². The van der Waals surface area contributed by atoms with E-state index in [1.54, 1.807) is 30.0 Å². The number of benzene rings is 2. The highest BCUT2D eigenvalue weighted by molar-refractivity contribution is 9.10. The summed E-state index contributed by atoms with van der Waals surface area (Å²) in [6, 6.07) is 12.6. The lowest BCUT2D eigenvalue weighted by Gasteiger charge is -2.30. The maximum Gasteiger partial charge on any atom is 0.242 e. The maximum absolute atomic E-state index is 13.2. The minimum atomic E-state index is -0.579. The highest BCUT2D eigenvalue weighted by Gasteiger charge is 2.28. The zero-order valence-electron chi connectivity index (χ0n) is 16.8. The fraction of sp³-hybridized carbons (Fsp3) is 0.391. The van der Waals surface area contributed by atoms with Crippen LogP contribution >= 0.6 is 39.1 Å². The first-order valence-corrected chi connectivity index (χ1v) is 11.7. The molecule has 4 nitrogen and oxygen atoms in total. The van der Waals surface area contributed by atoms with Crippen molar-refractivity contribution in [3.63, 3.8) is 0 Å². The van der Waals surface area contributed by atoms with Crippen molar-refractivity contribution in [3.8, 4) is 0 Å². The topological polar surface area (TPSA) is 49.4 Å². The van der Waals surface area contributed by atoms with E-state index in [0.717, 1.165) is 41.3 Å². The molecule has 1 aliphatic carbocycles. The summed E-state index contributed by atoms with van der Waals surface area (Å²) in [7, 11) is 0. The number of amides is 2. The van der Waals surface area contributed by atoms with Crippen LogP contribution in [0.3, 0.4) is 0 Å². The first kappa shape index (κ1) is 23.1. The van der Waals surface area contributed by atoms with E-state index in [2.05, 4.69) is 21.2 Å². The van der Waals surface area contributed by atoms with Crippen LogP contribution in [0.1, 0.15) is 43.7 Å². The van der Waals surface area contributed by atoms with Crippen molar-refractivity contribution >= 4 is 50.9 Å². The third-order valence-corrected chi connectivity index (χ3v) is 6.74. The third kappa shape index (κ3) is 6.22. The Hall–Kier alpha value is -1.56. The number of halogens is 3. The molecule has 1 aliphatic rings. The molecule has 160 valence electrons. The van der Waals surface area contributed by atoms with Crippen LogP contribution in [0.5, 0.6) is 0 Å². The molecular weight excluding hydrogens is 487 g/mol. The van der Waals surface area contributed by atoms with E-state index in [-0.39, 0.29) is 24.3 Å². The molecular formula is C23H25BrCl2N2O2. The van der Waals surface area contributed by atoms with Gasteiger partial charge in [0.05, 0.1) is 16.5 Å². The van der Waals surface area contributed by atoms with Crippen molar-refractivity contribution in [2.75, 3.05) is 0 Å². The first-order chi connectivity index (χ1) is 14.3. The Balaban J connectivity index is 1.77. The van der Waals surface area contributed by atoms with Gasteiger partial charge in [0.2, 0.25) is 11.8 Å². The molecule has 2 amide bonds. The Bertz CT molecular complexity index is 899. The Kier molecular flexibility index (Phi) is 8.20. The molecule has 3 rings (SSSR count). The zero-order valence-corrected chi connectivity index (χ0v) is 19.9. The monoisotopic (exact) mass is 510 g/mol.